The summed E-state index contributed by atoms with van der Waals surface area (Å²) in [5, 5.41) is 17.0. The molecule has 2 aliphatic rings. The number of hydrogen-bond acceptors (Lipinski definition) is 4. The maximum atomic E-state index is 10.4. The van der Waals surface area contributed by atoms with E-state index in [2.05, 4.69) is 17.6 Å². The van der Waals surface area contributed by atoms with Crippen molar-refractivity contribution in [3.8, 4) is 0 Å². The summed E-state index contributed by atoms with van der Waals surface area (Å²) in [5.41, 5.74) is -0.246. The normalized spacial score (nSPS) is 26.3. The van der Waals surface area contributed by atoms with Crippen LogP contribution in [0.3, 0.4) is 0 Å². The summed E-state index contributed by atoms with van der Waals surface area (Å²) in [5.74, 6) is 2.69. The molecule has 0 aromatic heterocycles. The number of nitrogens with one attached hydrogen (secondary N) is 2. The van der Waals surface area contributed by atoms with E-state index in [0.29, 0.717) is 12.0 Å². The summed E-state index contributed by atoms with van der Waals surface area (Å²) < 4.78 is 5.24. The zero-order valence-electron chi connectivity index (χ0n) is 14.4. The van der Waals surface area contributed by atoms with Crippen LogP contribution in [0.5, 0.6) is 0 Å². The van der Waals surface area contributed by atoms with E-state index in [1.165, 1.54) is 19.3 Å². The van der Waals surface area contributed by atoms with Crippen LogP contribution in [0.15, 0.2) is 4.99 Å². The molecule has 0 amide bonds. The van der Waals surface area contributed by atoms with Gasteiger partial charge in [0.2, 0.25) is 0 Å². The largest absolute Gasteiger partial charge is 0.387 e. The van der Waals surface area contributed by atoms with Crippen molar-refractivity contribution in [2.24, 2.45) is 10.4 Å². The third-order valence-corrected chi connectivity index (χ3v) is 6.07. The van der Waals surface area contributed by atoms with Crippen molar-refractivity contribution < 1.29 is 9.84 Å². The number of aliphatic imine (C=N–C) groups is 1. The van der Waals surface area contributed by atoms with Gasteiger partial charge in [-0.3, -0.25) is 4.99 Å². The molecular formula is C16H32IN3O2S. The Morgan fingerprint density at radius 2 is 2.09 bits per heavy atom. The molecule has 0 spiro atoms. The standard InChI is InChI=1S/C16H31N3O2S.HI/c1-3-17-14(19-12-16(20)8-10-22-13-16)18-11-15(5-4-6-15)7-9-21-2;/h20H,3-13H2,1-2H3,(H2,17,18,19);1H. The van der Waals surface area contributed by atoms with E-state index in [1.54, 1.807) is 7.11 Å². The third-order valence-electron chi connectivity index (χ3n) is 4.83. The van der Waals surface area contributed by atoms with Crippen LogP contribution < -0.4 is 10.6 Å². The Hall–Kier alpha value is 0.270. The Kier molecular flexibility index (Phi) is 9.55. The van der Waals surface area contributed by atoms with Crippen LogP contribution in [0.2, 0.25) is 0 Å². The molecule has 0 aromatic rings. The fourth-order valence-electron chi connectivity index (χ4n) is 3.06. The lowest BCUT2D eigenvalue weighted by atomic mass is 9.67. The number of hydrogen-bond donors (Lipinski definition) is 3. The molecule has 23 heavy (non-hydrogen) atoms. The number of guanidine groups is 1. The number of nitrogens with zero attached hydrogens (tertiary/aromatic N) is 1. The first-order valence-electron chi connectivity index (χ1n) is 8.43. The molecule has 0 bridgehead atoms. The van der Waals surface area contributed by atoms with Gasteiger partial charge in [0.1, 0.15) is 0 Å². The molecule has 7 heteroatoms. The average Bonchev–Trinajstić information content (AvgIpc) is 2.90. The van der Waals surface area contributed by atoms with Crippen molar-refractivity contribution in [3.63, 3.8) is 0 Å². The van der Waals surface area contributed by atoms with Crippen molar-refractivity contribution in [1.82, 2.24) is 10.6 Å². The van der Waals surface area contributed by atoms with Crippen LogP contribution in [0, 0.1) is 5.41 Å². The van der Waals surface area contributed by atoms with Gasteiger partial charge in [-0.15, -0.1) is 24.0 Å². The highest BCUT2D eigenvalue weighted by Gasteiger charge is 2.36. The average molecular weight is 457 g/mol. The van der Waals surface area contributed by atoms with E-state index in [4.69, 9.17) is 9.73 Å². The molecule has 1 saturated heterocycles. The SMILES string of the molecule is CCNC(=NCC1(CCOC)CCC1)NCC1(O)CCSC1.I. The maximum Gasteiger partial charge on any atom is 0.191 e. The summed E-state index contributed by atoms with van der Waals surface area (Å²) in [6.07, 6.45) is 5.76. The number of ether oxygens (including phenoxy) is 1. The van der Waals surface area contributed by atoms with E-state index in [0.717, 1.165) is 50.0 Å². The maximum absolute atomic E-state index is 10.4. The van der Waals surface area contributed by atoms with Gasteiger partial charge < -0.3 is 20.5 Å². The van der Waals surface area contributed by atoms with Gasteiger partial charge >= 0.3 is 0 Å². The van der Waals surface area contributed by atoms with E-state index in [1.807, 2.05) is 11.8 Å². The van der Waals surface area contributed by atoms with Crippen LogP contribution in [0.1, 0.15) is 39.0 Å². The molecular weight excluding hydrogens is 425 g/mol. The van der Waals surface area contributed by atoms with E-state index in [9.17, 15) is 5.11 Å². The Labute approximate surface area is 161 Å². The molecule has 1 unspecified atom stereocenters. The highest BCUT2D eigenvalue weighted by atomic mass is 127. The number of rotatable bonds is 8. The molecule has 1 atom stereocenters. The van der Waals surface area contributed by atoms with E-state index in [-0.39, 0.29) is 24.0 Å². The lowest BCUT2D eigenvalue weighted by Gasteiger charge is -2.40. The Morgan fingerprint density at radius 3 is 2.61 bits per heavy atom. The van der Waals surface area contributed by atoms with Crippen LogP contribution in [-0.4, -0.2) is 61.5 Å². The smallest absolute Gasteiger partial charge is 0.191 e. The Morgan fingerprint density at radius 1 is 1.30 bits per heavy atom. The van der Waals surface area contributed by atoms with E-state index < -0.39 is 5.60 Å². The molecule has 136 valence electrons. The summed E-state index contributed by atoms with van der Waals surface area (Å²) in [7, 11) is 1.77. The second-order valence-corrected chi connectivity index (χ2v) is 7.78. The molecule has 0 radical (unpaired) electrons. The summed E-state index contributed by atoms with van der Waals surface area (Å²) >= 11 is 1.82. The Bertz CT molecular complexity index is 372. The highest BCUT2D eigenvalue weighted by molar-refractivity contribution is 14.0. The summed E-state index contributed by atoms with van der Waals surface area (Å²) in [6.45, 7) is 5.15. The monoisotopic (exact) mass is 457 g/mol. The van der Waals surface area contributed by atoms with Crippen LogP contribution in [0.4, 0.5) is 0 Å². The topological polar surface area (TPSA) is 65.9 Å². The molecule has 3 N–H and O–H groups in total. The van der Waals surface area contributed by atoms with Gasteiger partial charge in [0.25, 0.3) is 0 Å². The van der Waals surface area contributed by atoms with E-state index >= 15 is 0 Å². The predicted molar refractivity (Wildman–Crippen MR) is 109 cm³/mol. The van der Waals surface area contributed by atoms with Gasteiger partial charge in [0.15, 0.2) is 5.96 Å². The van der Waals surface area contributed by atoms with Gasteiger partial charge in [-0.25, -0.2) is 0 Å². The lowest BCUT2D eigenvalue weighted by Crippen LogP contribution is -2.48. The van der Waals surface area contributed by atoms with Crippen molar-refractivity contribution in [2.45, 2.75) is 44.6 Å². The first kappa shape index (κ1) is 21.3. The van der Waals surface area contributed by atoms with Gasteiger partial charge in [0, 0.05) is 39.1 Å². The molecule has 1 heterocycles. The van der Waals surface area contributed by atoms with Crippen molar-refractivity contribution >= 4 is 41.7 Å². The molecule has 1 aliphatic heterocycles. The van der Waals surface area contributed by atoms with Crippen molar-refractivity contribution in [3.05, 3.63) is 0 Å². The molecule has 2 fully saturated rings. The molecule has 1 saturated carbocycles. The van der Waals surface area contributed by atoms with Gasteiger partial charge in [0.05, 0.1) is 5.60 Å². The minimum atomic E-state index is -0.578. The second-order valence-electron chi connectivity index (χ2n) is 6.67. The van der Waals surface area contributed by atoms with Crippen LogP contribution in [-0.2, 0) is 4.74 Å². The van der Waals surface area contributed by atoms with Gasteiger partial charge in [-0.2, -0.15) is 11.8 Å². The van der Waals surface area contributed by atoms with Gasteiger partial charge in [-0.1, -0.05) is 6.42 Å². The van der Waals surface area contributed by atoms with Crippen molar-refractivity contribution in [1.29, 1.82) is 0 Å². The molecule has 5 nitrogen and oxygen atoms in total. The zero-order valence-corrected chi connectivity index (χ0v) is 17.5. The molecule has 2 rings (SSSR count). The first-order valence-corrected chi connectivity index (χ1v) is 9.58. The molecule has 0 aromatic carbocycles. The first-order chi connectivity index (χ1) is 10.6. The lowest BCUT2D eigenvalue weighted by molar-refractivity contribution is 0.0718. The van der Waals surface area contributed by atoms with Gasteiger partial charge in [-0.05, 0) is 43.8 Å². The number of thioether (sulfide) groups is 1. The number of methoxy groups -OCH3 is 1. The van der Waals surface area contributed by atoms with Crippen LogP contribution >= 0.6 is 35.7 Å². The predicted octanol–water partition coefficient (Wildman–Crippen LogP) is 2.23. The minimum absolute atomic E-state index is 0. The third kappa shape index (κ3) is 6.59. The Balaban J connectivity index is 0.00000264. The second kappa shape index (κ2) is 10.3. The number of halogens is 1. The summed E-state index contributed by atoms with van der Waals surface area (Å²) in [4.78, 5) is 4.77. The highest BCUT2D eigenvalue weighted by Crippen LogP contribution is 2.44. The quantitative estimate of drug-likeness (QED) is 0.297. The minimum Gasteiger partial charge on any atom is -0.387 e. The van der Waals surface area contributed by atoms with Crippen molar-refractivity contribution in [2.75, 3.05) is 44.9 Å². The molecule has 1 aliphatic carbocycles. The number of aliphatic hydroxyl groups is 1. The fraction of sp³-hybridized carbons (Fsp3) is 0.938. The fourth-order valence-corrected chi connectivity index (χ4v) is 4.35. The summed E-state index contributed by atoms with van der Waals surface area (Å²) in [6, 6.07) is 0. The van der Waals surface area contributed by atoms with Crippen LogP contribution in [0.25, 0.3) is 0 Å². The zero-order chi connectivity index (χ0) is 15.9.